The van der Waals surface area contributed by atoms with Gasteiger partial charge in [0.05, 0.1) is 6.61 Å². The fourth-order valence-electron chi connectivity index (χ4n) is 1.58. The van der Waals surface area contributed by atoms with Gasteiger partial charge >= 0.3 is 0 Å². The highest BCUT2D eigenvalue weighted by Gasteiger charge is 2.18. The van der Waals surface area contributed by atoms with Gasteiger partial charge in [-0.2, -0.15) is 0 Å². The van der Waals surface area contributed by atoms with Crippen molar-refractivity contribution in [3.8, 4) is 5.75 Å². The highest BCUT2D eigenvalue weighted by Crippen LogP contribution is 2.17. The molecular formula is C12H16ClNO2. The minimum Gasteiger partial charge on any atom is -0.491 e. The van der Waals surface area contributed by atoms with Crippen LogP contribution >= 0.6 is 11.6 Å². The molecule has 0 amide bonds. The van der Waals surface area contributed by atoms with E-state index in [0.29, 0.717) is 17.7 Å². The van der Waals surface area contributed by atoms with Gasteiger partial charge in [-0.05, 0) is 25.1 Å². The second-order valence-corrected chi connectivity index (χ2v) is 4.47. The summed E-state index contributed by atoms with van der Waals surface area (Å²) in [5.41, 5.74) is 0. The maximum Gasteiger partial charge on any atom is 0.120 e. The van der Waals surface area contributed by atoms with E-state index in [9.17, 15) is 0 Å². The van der Waals surface area contributed by atoms with Crippen molar-refractivity contribution in [3.05, 3.63) is 29.3 Å². The third-order valence-corrected chi connectivity index (χ3v) is 2.74. The standard InChI is InChI=1S/C12H16ClNO2/c1-9-7-15-12(6-14-9)8-16-11-4-2-3-10(13)5-11/h2-5,9,12,14H,6-8H2,1H3. The van der Waals surface area contributed by atoms with Crippen LogP contribution in [0.4, 0.5) is 0 Å². The average molecular weight is 242 g/mol. The number of rotatable bonds is 3. The summed E-state index contributed by atoms with van der Waals surface area (Å²) < 4.78 is 11.2. The van der Waals surface area contributed by atoms with Crippen molar-refractivity contribution in [2.45, 2.75) is 19.1 Å². The van der Waals surface area contributed by atoms with Gasteiger partial charge in [-0.25, -0.2) is 0 Å². The second-order valence-electron chi connectivity index (χ2n) is 4.03. The van der Waals surface area contributed by atoms with Gasteiger partial charge in [0.15, 0.2) is 0 Å². The number of nitrogens with one attached hydrogen (secondary N) is 1. The zero-order chi connectivity index (χ0) is 11.4. The molecule has 2 atom stereocenters. The zero-order valence-corrected chi connectivity index (χ0v) is 10.0. The first-order chi connectivity index (χ1) is 7.74. The molecule has 0 radical (unpaired) electrons. The number of hydrogen-bond donors (Lipinski definition) is 1. The topological polar surface area (TPSA) is 30.5 Å². The van der Waals surface area contributed by atoms with Crippen LogP contribution in [0.25, 0.3) is 0 Å². The van der Waals surface area contributed by atoms with Crippen molar-refractivity contribution in [2.75, 3.05) is 19.8 Å². The van der Waals surface area contributed by atoms with Gasteiger partial charge in [0, 0.05) is 17.6 Å². The van der Waals surface area contributed by atoms with Crippen molar-refractivity contribution < 1.29 is 9.47 Å². The molecule has 3 nitrogen and oxygen atoms in total. The van der Waals surface area contributed by atoms with Crippen molar-refractivity contribution in [2.24, 2.45) is 0 Å². The van der Waals surface area contributed by atoms with E-state index in [4.69, 9.17) is 21.1 Å². The van der Waals surface area contributed by atoms with Crippen LogP contribution < -0.4 is 10.1 Å². The lowest BCUT2D eigenvalue weighted by molar-refractivity contribution is -0.0165. The fourth-order valence-corrected chi connectivity index (χ4v) is 1.76. The number of halogens is 1. The Labute approximate surface area is 101 Å². The van der Waals surface area contributed by atoms with Crippen molar-refractivity contribution in [1.29, 1.82) is 0 Å². The molecule has 88 valence electrons. The molecular weight excluding hydrogens is 226 g/mol. The normalized spacial score (nSPS) is 25.4. The van der Waals surface area contributed by atoms with Crippen LogP contribution in [0.3, 0.4) is 0 Å². The van der Waals surface area contributed by atoms with E-state index in [1.807, 2.05) is 18.2 Å². The summed E-state index contributed by atoms with van der Waals surface area (Å²) in [6.45, 7) is 4.24. The van der Waals surface area contributed by atoms with Crippen LogP contribution in [-0.2, 0) is 4.74 Å². The van der Waals surface area contributed by atoms with Gasteiger partial charge in [0.25, 0.3) is 0 Å². The molecule has 1 aliphatic rings. The average Bonchev–Trinajstić information content (AvgIpc) is 2.28. The van der Waals surface area contributed by atoms with Gasteiger partial charge in [-0.3, -0.25) is 0 Å². The molecule has 0 aromatic heterocycles. The summed E-state index contributed by atoms with van der Waals surface area (Å²) in [7, 11) is 0. The Balaban J connectivity index is 1.79. The van der Waals surface area contributed by atoms with Crippen LogP contribution in [-0.4, -0.2) is 31.9 Å². The third-order valence-electron chi connectivity index (χ3n) is 2.51. The molecule has 2 unspecified atom stereocenters. The van der Waals surface area contributed by atoms with E-state index in [1.165, 1.54) is 0 Å². The second kappa shape index (κ2) is 5.53. The Kier molecular flexibility index (Phi) is 4.04. The Hall–Kier alpha value is -0.770. The fraction of sp³-hybridized carbons (Fsp3) is 0.500. The van der Waals surface area contributed by atoms with E-state index >= 15 is 0 Å². The molecule has 0 bridgehead atoms. The monoisotopic (exact) mass is 241 g/mol. The Morgan fingerprint density at radius 2 is 2.44 bits per heavy atom. The van der Waals surface area contributed by atoms with E-state index in [0.717, 1.165) is 18.9 Å². The maximum absolute atomic E-state index is 5.86. The minimum absolute atomic E-state index is 0.121. The van der Waals surface area contributed by atoms with Crippen molar-refractivity contribution >= 4 is 11.6 Å². The van der Waals surface area contributed by atoms with Crippen LogP contribution in [0.2, 0.25) is 5.02 Å². The predicted octanol–water partition coefficient (Wildman–Crippen LogP) is 2.10. The molecule has 1 fully saturated rings. The highest BCUT2D eigenvalue weighted by molar-refractivity contribution is 6.30. The Morgan fingerprint density at radius 1 is 1.56 bits per heavy atom. The first kappa shape index (κ1) is 11.7. The van der Waals surface area contributed by atoms with Gasteiger partial charge < -0.3 is 14.8 Å². The molecule has 1 heterocycles. The number of ether oxygens (including phenoxy) is 2. The SMILES string of the molecule is CC1COC(COc2cccc(Cl)c2)CN1. The first-order valence-corrected chi connectivity index (χ1v) is 5.85. The summed E-state index contributed by atoms with van der Waals surface area (Å²) in [5.74, 6) is 0.787. The molecule has 1 N–H and O–H groups in total. The minimum atomic E-state index is 0.121. The molecule has 0 aliphatic carbocycles. The van der Waals surface area contributed by atoms with Gasteiger partial charge in [0.1, 0.15) is 18.5 Å². The van der Waals surface area contributed by atoms with Crippen molar-refractivity contribution in [1.82, 2.24) is 5.32 Å². The van der Waals surface area contributed by atoms with E-state index in [1.54, 1.807) is 6.07 Å². The highest BCUT2D eigenvalue weighted by atomic mass is 35.5. The molecule has 1 aromatic rings. The largest absolute Gasteiger partial charge is 0.491 e. The maximum atomic E-state index is 5.86. The van der Waals surface area contributed by atoms with Gasteiger partial charge in [-0.15, -0.1) is 0 Å². The van der Waals surface area contributed by atoms with Crippen LogP contribution in [0.1, 0.15) is 6.92 Å². The molecule has 2 rings (SSSR count). The molecule has 0 saturated carbocycles. The molecule has 0 spiro atoms. The molecule has 4 heteroatoms. The smallest absolute Gasteiger partial charge is 0.120 e. The third kappa shape index (κ3) is 3.37. The molecule has 1 aromatic carbocycles. The number of hydrogen-bond acceptors (Lipinski definition) is 3. The summed E-state index contributed by atoms with van der Waals surface area (Å²) in [6.07, 6.45) is 0.121. The van der Waals surface area contributed by atoms with Crippen LogP contribution in [0, 0.1) is 0 Å². The summed E-state index contributed by atoms with van der Waals surface area (Å²) in [5, 5.41) is 4.04. The number of morpholine rings is 1. The van der Waals surface area contributed by atoms with E-state index in [-0.39, 0.29) is 6.10 Å². The van der Waals surface area contributed by atoms with Crippen LogP contribution in [0.5, 0.6) is 5.75 Å². The van der Waals surface area contributed by atoms with E-state index in [2.05, 4.69) is 12.2 Å². The lowest BCUT2D eigenvalue weighted by Crippen LogP contribution is -2.46. The summed E-state index contributed by atoms with van der Waals surface area (Å²) in [6, 6.07) is 7.84. The Morgan fingerprint density at radius 3 is 3.12 bits per heavy atom. The molecule has 1 saturated heterocycles. The molecule has 1 aliphatic heterocycles. The Bertz CT molecular complexity index is 338. The van der Waals surface area contributed by atoms with Gasteiger partial charge in [0.2, 0.25) is 0 Å². The van der Waals surface area contributed by atoms with Crippen molar-refractivity contribution in [3.63, 3.8) is 0 Å². The van der Waals surface area contributed by atoms with E-state index < -0.39 is 0 Å². The summed E-state index contributed by atoms with van der Waals surface area (Å²) >= 11 is 5.86. The predicted molar refractivity (Wildman–Crippen MR) is 64.2 cm³/mol. The number of benzene rings is 1. The molecule has 16 heavy (non-hydrogen) atoms. The summed E-state index contributed by atoms with van der Waals surface area (Å²) in [4.78, 5) is 0. The van der Waals surface area contributed by atoms with Crippen LogP contribution in [0.15, 0.2) is 24.3 Å². The zero-order valence-electron chi connectivity index (χ0n) is 9.28. The quantitative estimate of drug-likeness (QED) is 0.879. The van der Waals surface area contributed by atoms with Gasteiger partial charge in [-0.1, -0.05) is 17.7 Å². The lowest BCUT2D eigenvalue weighted by atomic mass is 10.2. The first-order valence-electron chi connectivity index (χ1n) is 5.47. The lowest BCUT2D eigenvalue weighted by Gasteiger charge is -2.28.